The lowest BCUT2D eigenvalue weighted by molar-refractivity contribution is 0.341. The van der Waals surface area contributed by atoms with Crippen LogP contribution in [0.15, 0.2) is 83.9 Å². The van der Waals surface area contributed by atoms with E-state index in [0.29, 0.717) is 0 Å². The van der Waals surface area contributed by atoms with Gasteiger partial charge in [-0.05, 0) is 68.1 Å². The number of nitrogens with one attached hydrogen (secondary N) is 1. The molecule has 1 saturated heterocycles. The van der Waals surface area contributed by atoms with E-state index in [1.54, 1.807) is 0 Å². The molecule has 1 heterocycles. The molecule has 3 aromatic rings. The summed E-state index contributed by atoms with van der Waals surface area (Å²) in [6.45, 7) is 4.14. The number of aliphatic imine (C=N–C) groups is 1. The zero-order valence-electron chi connectivity index (χ0n) is 17.4. The molecule has 3 heteroatoms. The van der Waals surface area contributed by atoms with Gasteiger partial charge < -0.3 is 10.2 Å². The molecule has 1 aliphatic rings. The fraction of sp³-hybridized carbons (Fsp3) is 0.222. The molecule has 150 valence electrons. The molecule has 0 amide bonds. The number of nitrogens with zero attached hydrogens (tertiary/aromatic N) is 2. The van der Waals surface area contributed by atoms with Crippen molar-refractivity contribution in [3.63, 3.8) is 0 Å². The predicted octanol–water partition coefficient (Wildman–Crippen LogP) is 5.98. The zero-order chi connectivity index (χ0) is 20.6. The number of guanidine groups is 1. The van der Waals surface area contributed by atoms with Gasteiger partial charge in [-0.1, -0.05) is 54.3 Å². The minimum absolute atomic E-state index is 0.896. The second-order valence-electron chi connectivity index (χ2n) is 7.61. The summed E-state index contributed by atoms with van der Waals surface area (Å²) in [7, 11) is 0. The Morgan fingerprint density at radius 2 is 1.53 bits per heavy atom. The molecule has 0 unspecified atom stereocenters. The number of aryl methyl sites for hydroxylation is 1. The first-order valence-corrected chi connectivity index (χ1v) is 10.6. The van der Waals surface area contributed by atoms with Crippen molar-refractivity contribution in [3.05, 3.63) is 95.6 Å². The summed E-state index contributed by atoms with van der Waals surface area (Å²) in [5, 5.41) is 3.54. The summed E-state index contributed by atoms with van der Waals surface area (Å²) in [6.07, 6.45) is 3.68. The highest BCUT2D eigenvalue weighted by Gasteiger charge is 2.16. The first-order valence-electron chi connectivity index (χ1n) is 10.6. The van der Waals surface area contributed by atoms with Crippen LogP contribution >= 0.6 is 0 Å². The Kier molecular flexibility index (Phi) is 6.47. The van der Waals surface area contributed by atoms with Gasteiger partial charge in [0.15, 0.2) is 0 Å². The molecule has 0 radical (unpaired) electrons. The van der Waals surface area contributed by atoms with E-state index in [1.165, 1.54) is 24.8 Å². The fourth-order valence-corrected chi connectivity index (χ4v) is 3.56. The number of para-hydroxylation sites is 1. The lowest BCUT2D eigenvalue weighted by Crippen LogP contribution is -2.39. The van der Waals surface area contributed by atoms with E-state index in [9.17, 15) is 0 Å². The monoisotopic (exact) mass is 393 g/mol. The summed E-state index contributed by atoms with van der Waals surface area (Å²) in [6, 6.07) is 26.6. The number of hydrogen-bond acceptors (Lipinski definition) is 1. The molecule has 0 bridgehead atoms. The fourth-order valence-electron chi connectivity index (χ4n) is 3.56. The Morgan fingerprint density at radius 1 is 0.833 bits per heavy atom. The van der Waals surface area contributed by atoms with E-state index in [1.807, 2.05) is 48.5 Å². The summed E-state index contributed by atoms with van der Waals surface area (Å²) in [4.78, 5) is 7.41. The van der Waals surface area contributed by atoms with E-state index < -0.39 is 0 Å². The average molecular weight is 394 g/mol. The van der Waals surface area contributed by atoms with Gasteiger partial charge in [-0.3, -0.25) is 0 Å². The van der Waals surface area contributed by atoms with Crippen molar-refractivity contribution >= 4 is 17.3 Å². The van der Waals surface area contributed by atoms with E-state index in [4.69, 9.17) is 4.99 Å². The van der Waals surface area contributed by atoms with Crippen molar-refractivity contribution in [2.75, 3.05) is 18.4 Å². The number of likely N-dealkylation sites (tertiary alicyclic amines) is 1. The Labute approximate surface area is 179 Å². The van der Waals surface area contributed by atoms with Gasteiger partial charge in [-0.2, -0.15) is 0 Å². The van der Waals surface area contributed by atoms with Crippen LogP contribution in [0, 0.1) is 18.8 Å². The molecule has 3 aromatic carbocycles. The summed E-state index contributed by atoms with van der Waals surface area (Å²) >= 11 is 0. The first kappa shape index (κ1) is 19.8. The maximum Gasteiger partial charge on any atom is 0.203 e. The molecular formula is C27H27N3. The maximum absolute atomic E-state index is 5.06. The molecule has 3 nitrogen and oxygen atoms in total. The van der Waals surface area contributed by atoms with E-state index in [-0.39, 0.29) is 0 Å². The SMILES string of the molecule is Cc1ccc(N=C(Nc2ccccc2)N2CCCCC2)c(C#Cc2ccccc2)c1. The van der Waals surface area contributed by atoms with Crippen LogP contribution in [0.1, 0.15) is 36.0 Å². The molecule has 1 fully saturated rings. The molecule has 0 spiro atoms. The molecule has 0 atom stereocenters. The maximum atomic E-state index is 5.06. The zero-order valence-corrected chi connectivity index (χ0v) is 17.4. The van der Waals surface area contributed by atoms with Crippen molar-refractivity contribution in [2.24, 2.45) is 4.99 Å². The number of benzene rings is 3. The number of rotatable bonds is 2. The number of hydrogen-bond donors (Lipinski definition) is 1. The third-order valence-corrected chi connectivity index (χ3v) is 5.18. The highest BCUT2D eigenvalue weighted by molar-refractivity contribution is 5.95. The molecule has 0 aromatic heterocycles. The van der Waals surface area contributed by atoms with E-state index >= 15 is 0 Å². The van der Waals surface area contributed by atoms with Crippen molar-refractivity contribution in [2.45, 2.75) is 26.2 Å². The molecule has 4 rings (SSSR count). The largest absolute Gasteiger partial charge is 0.342 e. The third-order valence-electron chi connectivity index (χ3n) is 5.18. The van der Waals surface area contributed by atoms with E-state index in [2.05, 4.69) is 59.3 Å². The Hall–Kier alpha value is -3.51. The van der Waals surface area contributed by atoms with Crippen LogP contribution in [-0.4, -0.2) is 23.9 Å². The van der Waals surface area contributed by atoms with E-state index in [0.717, 1.165) is 41.6 Å². The smallest absolute Gasteiger partial charge is 0.203 e. The van der Waals surface area contributed by atoms with Crippen LogP contribution in [0.3, 0.4) is 0 Å². The molecular weight excluding hydrogens is 366 g/mol. The second kappa shape index (κ2) is 9.80. The lowest BCUT2D eigenvalue weighted by atomic mass is 10.1. The lowest BCUT2D eigenvalue weighted by Gasteiger charge is -2.30. The van der Waals surface area contributed by atoms with Crippen molar-refractivity contribution in [1.82, 2.24) is 4.90 Å². The minimum atomic E-state index is 0.896. The van der Waals surface area contributed by atoms with Crippen LogP contribution in [0.25, 0.3) is 0 Å². The van der Waals surface area contributed by atoms with Crippen molar-refractivity contribution in [3.8, 4) is 11.8 Å². The summed E-state index contributed by atoms with van der Waals surface area (Å²) < 4.78 is 0. The Balaban J connectivity index is 1.71. The van der Waals surface area contributed by atoms with Gasteiger partial charge in [0.2, 0.25) is 5.96 Å². The predicted molar refractivity (Wildman–Crippen MR) is 126 cm³/mol. The summed E-state index contributed by atoms with van der Waals surface area (Å²) in [5.41, 5.74) is 5.08. The van der Waals surface area contributed by atoms with Crippen LogP contribution in [0.4, 0.5) is 11.4 Å². The van der Waals surface area contributed by atoms with Gasteiger partial charge in [0, 0.05) is 24.3 Å². The van der Waals surface area contributed by atoms with Gasteiger partial charge in [0.1, 0.15) is 0 Å². The van der Waals surface area contributed by atoms with Gasteiger partial charge in [-0.15, -0.1) is 0 Å². The molecule has 1 N–H and O–H groups in total. The average Bonchev–Trinajstić information content (AvgIpc) is 2.80. The second-order valence-corrected chi connectivity index (χ2v) is 7.61. The first-order chi connectivity index (χ1) is 14.8. The standard InChI is InChI=1S/C27H27N3/c1-22-15-18-26(24(21-22)17-16-23-11-5-2-6-12-23)29-27(30-19-9-4-10-20-30)28-25-13-7-3-8-14-25/h2-3,5-8,11-15,18,21H,4,9-10,19-20H2,1H3,(H,28,29). The Morgan fingerprint density at radius 3 is 2.27 bits per heavy atom. The summed E-state index contributed by atoms with van der Waals surface area (Å²) in [5.74, 6) is 7.51. The molecule has 1 aliphatic heterocycles. The van der Waals surface area contributed by atoms with Crippen molar-refractivity contribution in [1.29, 1.82) is 0 Å². The minimum Gasteiger partial charge on any atom is -0.342 e. The van der Waals surface area contributed by atoms with Gasteiger partial charge in [0.05, 0.1) is 11.3 Å². The van der Waals surface area contributed by atoms with Gasteiger partial charge >= 0.3 is 0 Å². The van der Waals surface area contributed by atoms with Crippen LogP contribution in [0.2, 0.25) is 0 Å². The van der Waals surface area contributed by atoms with Crippen LogP contribution in [-0.2, 0) is 0 Å². The Bertz CT molecular complexity index is 1050. The van der Waals surface area contributed by atoms with Crippen LogP contribution in [0.5, 0.6) is 0 Å². The third kappa shape index (κ3) is 5.30. The van der Waals surface area contributed by atoms with Gasteiger partial charge in [0.25, 0.3) is 0 Å². The van der Waals surface area contributed by atoms with Crippen LogP contribution < -0.4 is 5.32 Å². The highest BCUT2D eigenvalue weighted by atomic mass is 15.3. The molecule has 0 aliphatic carbocycles. The molecule has 0 saturated carbocycles. The molecule has 30 heavy (non-hydrogen) atoms. The van der Waals surface area contributed by atoms with Crippen molar-refractivity contribution < 1.29 is 0 Å². The number of piperidine rings is 1. The topological polar surface area (TPSA) is 27.6 Å². The number of anilines is 1. The normalized spacial score (nSPS) is 14.0. The quantitative estimate of drug-likeness (QED) is 0.329. The van der Waals surface area contributed by atoms with Gasteiger partial charge in [-0.25, -0.2) is 4.99 Å². The highest BCUT2D eigenvalue weighted by Crippen LogP contribution is 2.22.